The van der Waals surface area contributed by atoms with Crippen LogP contribution in [-0.2, 0) is 19.1 Å². The average molecular weight is 369 g/mol. The number of carbonyl (C=O) groups is 2. The number of carbonyl (C=O) groups excluding carboxylic acids is 2. The van der Waals surface area contributed by atoms with Crippen LogP contribution >= 0.6 is 0 Å². The van der Waals surface area contributed by atoms with Crippen molar-refractivity contribution in [3.63, 3.8) is 0 Å². The van der Waals surface area contributed by atoms with Crippen molar-refractivity contribution in [3.8, 4) is 0 Å². The van der Waals surface area contributed by atoms with Gasteiger partial charge in [-0.3, -0.25) is 9.59 Å². The summed E-state index contributed by atoms with van der Waals surface area (Å²) in [5.74, 6) is -1.19. The van der Waals surface area contributed by atoms with Crippen molar-refractivity contribution in [2.75, 3.05) is 13.2 Å². The molecule has 0 amide bonds. The van der Waals surface area contributed by atoms with Gasteiger partial charge in [0.2, 0.25) is 0 Å². The Hall–Kier alpha value is -1.32. The number of hydrogen-bond donors (Lipinski definition) is 0. The molecule has 0 aromatic rings. The molecule has 0 N–H and O–H groups in total. The van der Waals surface area contributed by atoms with E-state index in [9.17, 15) is 9.59 Å². The molecule has 0 saturated carbocycles. The molecule has 0 aliphatic carbocycles. The van der Waals surface area contributed by atoms with E-state index in [1.54, 1.807) is 0 Å². The highest BCUT2D eigenvalue weighted by atomic mass is 16.5. The van der Waals surface area contributed by atoms with Gasteiger partial charge in [-0.05, 0) is 25.7 Å². The fourth-order valence-electron chi connectivity index (χ4n) is 2.65. The lowest BCUT2D eigenvalue weighted by Crippen LogP contribution is -2.21. The lowest BCUT2D eigenvalue weighted by atomic mass is 10.0. The van der Waals surface area contributed by atoms with E-state index < -0.39 is 5.92 Å². The van der Waals surface area contributed by atoms with Gasteiger partial charge in [0.15, 0.2) is 0 Å². The van der Waals surface area contributed by atoms with Crippen molar-refractivity contribution in [2.45, 2.75) is 97.8 Å². The van der Waals surface area contributed by atoms with Crippen LogP contribution in [0, 0.1) is 5.92 Å². The van der Waals surface area contributed by atoms with Gasteiger partial charge in [0.05, 0.1) is 25.6 Å². The van der Waals surface area contributed by atoms with E-state index in [0.717, 1.165) is 25.7 Å². The van der Waals surface area contributed by atoms with Crippen molar-refractivity contribution in [1.29, 1.82) is 0 Å². The standard InChI is InChI=1S/C22H40O4/c1-4-7-8-9-10-11-12-13-14-15-16-20(22(24)26-18-6-3)19-21(23)25-17-5-2/h15-16,20H,4-14,17-19H2,1-3H3. The predicted molar refractivity (Wildman–Crippen MR) is 107 cm³/mol. The second kappa shape index (κ2) is 18.5. The van der Waals surface area contributed by atoms with Gasteiger partial charge in [-0.25, -0.2) is 0 Å². The smallest absolute Gasteiger partial charge is 0.313 e. The molecule has 0 rings (SSSR count). The van der Waals surface area contributed by atoms with Crippen LogP contribution in [-0.4, -0.2) is 25.2 Å². The number of esters is 2. The second-order valence-corrected chi connectivity index (χ2v) is 6.89. The van der Waals surface area contributed by atoms with Crippen molar-refractivity contribution in [1.82, 2.24) is 0 Å². The SMILES string of the molecule is CCCCCCCCCCC=CC(CC(=O)OCCC)C(=O)OCCC. The van der Waals surface area contributed by atoms with Gasteiger partial charge in [0.25, 0.3) is 0 Å². The molecule has 0 spiro atoms. The fourth-order valence-corrected chi connectivity index (χ4v) is 2.65. The largest absolute Gasteiger partial charge is 0.466 e. The summed E-state index contributed by atoms with van der Waals surface area (Å²) < 4.78 is 10.3. The second-order valence-electron chi connectivity index (χ2n) is 6.89. The molecule has 1 atom stereocenters. The summed E-state index contributed by atoms with van der Waals surface area (Å²) in [6, 6.07) is 0. The third-order valence-electron chi connectivity index (χ3n) is 4.20. The Morgan fingerprint density at radius 3 is 1.96 bits per heavy atom. The molecular formula is C22H40O4. The van der Waals surface area contributed by atoms with E-state index in [1.807, 2.05) is 26.0 Å². The third kappa shape index (κ3) is 15.0. The van der Waals surface area contributed by atoms with E-state index >= 15 is 0 Å². The van der Waals surface area contributed by atoms with Crippen LogP contribution in [0.1, 0.15) is 97.8 Å². The number of hydrogen-bond acceptors (Lipinski definition) is 4. The lowest BCUT2D eigenvalue weighted by molar-refractivity contribution is -0.153. The van der Waals surface area contributed by atoms with E-state index in [4.69, 9.17) is 9.47 Å². The number of allylic oxidation sites excluding steroid dienone is 1. The molecular weight excluding hydrogens is 328 g/mol. The van der Waals surface area contributed by atoms with Crippen LogP contribution in [0.15, 0.2) is 12.2 Å². The molecule has 26 heavy (non-hydrogen) atoms. The Balaban J connectivity index is 4.12. The van der Waals surface area contributed by atoms with Gasteiger partial charge >= 0.3 is 11.9 Å². The van der Waals surface area contributed by atoms with Crippen LogP contribution in [0.4, 0.5) is 0 Å². The first-order chi connectivity index (χ1) is 12.7. The molecule has 0 fully saturated rings. The molecule has 4 heteroatoms. The van der Waals surface area contributed by atoms with Crippen LogP contribution in [0.3, 0.4) is 0 Å². The minimum absolute atomic E-state index is 0.0659. The van der Waals surface area contributed by atoms with Crippen LogP contribution in [0.25, 0.3) is 0 Å². The molecule has 4 nitrogen and oxygen atoms in total. The zero-order valence-corrected chi connectivity index (χ0v) is 17.3. The Morgan fingerprint density at radius 2 is 1.35 bits per heavy atom. The summed E-state index contributed by atoms with van der Waals surface area (Å²) in [4.78, 5) is 23.9. The van der Waals surface area contributed by atoms with Crippen molar-refractivity contribution < 1.29 is 19.1 Å². The average Bonchev–Trinajstić information content (AvgIpc) is 2.64. The van der Waals surface area contributed by atoms with Gasteiger partial charge in [0, 0.05) is 0 Å². The summed E-state index contributed by atoms with van der Waals surface area (Å²) in [6.45, 7) is 6.93. The zero-order valence-electron chi connectivity index (χ0n) is 17.3. The lowest BCUT2D eigenvalue weighted by Gasteiger charge is -2.12. The maximum absolute atomic E-state index is 12.1. The monoisotopic (exact) mass is 368 g/mol. The number of ether oxygens (including phenoxy) is 2. The number of rotatable bonds is 17. The summed E-state index contributed by atoms with van der Waals surface area (Å²) in [5, 5.41) is 0. The molecule has 0 aliphatic rings. The van der Waals surface area contributed by atoms with Crippen LogP contribution in [0.2, 0.25) is 0 Å². The third-order valence-corrected chi connectivity index (χ3v) is 4.20. The van der Waals surface area contributed by atoms with Gasteiger partial charge < -0.3 is 9.47 Å². The molecule has 0 aromatic carbocycles. The first kappa shape index (κ1) is 24.7. The first-order valence-corrected chi connectivity index (χ1v) is 10.6. The Bertz CT molecular complexity index is 376. The topological polar surface area (TPSA) is 52.6 Å². The molecule has 152 valence electrons. The van der Waals surface area contributed by atoms with E-state index in [0.29, 0.717) is 13.2 Å². The summed E-state index contributed by atoms with van der Waals surface area (Å²) in [7, 11) is 0. The summed E-state index contributed by atoms with van der Waals surface area (Å²) in [6.07, 6.45) is 16.7. The van der Waals surface area contributed by atoms with E-state index in [1.165, 1.54) is 44.9 Å². The highest BCUT2D eigenvalue weighted by Gasteiger charge is 2.21. The minimum Gasteiger partial charge on any atom is -0.466 e. The van der Waals surface area contributed by atoms with Crippen molar-refractivity contribution in [3.05, 3.63) is 12.2 Å². The quantitative estimate of drug-likeness (QED) is 0.180. The Morgan fingerprint density at radius 1 is 0.769 bits per heavy atom. The highest BCUT2D eigenvalue weighted by molar-refractivity contribution is 5.81. The van der Waals surface area contributed by atoms with E-state index in [-0.39, 0.29) is 18.4 Å². The molecule has 0 aliphatic heterocycles. The Labute approximate surface area is 160 Å². The first-order valence-electron chi connectivity index (χ1n) is 10.6. The minimum atomic E-state index is -0.528. The molecule has 0 heterocycles. The normalized spacial score (nSPS) is 12.3. The van der Waals surface area contributed by atoms with Crippen LogP contribution in [0.5, 0.6) is 0 Å². The van der Waals surface area contributed by atoms with E-state index in [2.05, 4.69) is 6.92 Å². The van der Waals surface area contributed by atoms with Gasteiger partial charge in [0.1, 0.15) is 0 Å². The molecule has 0 radical (unpaired) electrons. The maximum atomic E-state index is 12.1. The van der Waals surface area contributed by atoms with Crippen LogP contribution < -0.4 is 0 Å². The molecule has 0 aromatic heterocycles. The van der Waals surface area contributed by atoms with Gasteiger partial charge in [-0.15, -0.1) is 0 Å². The molecule has 1 unspecified atom stereocenters. The maximum Gasteiger partial charge on any atom is 0.313 e. The molecule has 0 saturated heterocycles. The fraction of sp³-hybridized carbons (Fsp3) is 0.818. The van der Waals surface area contributed by atoms with Gasteiger partial charge in [-0.2, -0.15) is 0 Å². The molecule has 0 bridgehead atoms. The van der Waals surface area contributed by atoms with Crippen molar-refractivity contribution >= 4 is 11.9 Å². The Kier molecular flexibility index (Phi) is 17.5. The highest BCUT2D eigenvalue weighted by Crippen LogP contribution is 2.13. The summed E-state index contributed by atoms with van der Waals surface area (Å²) >= 11 is 0. The zero-order chi connectivity index (χ0) is 19.5. The predicted octanol–water partition coefficient (Wildman–Crippen LogP) is 5.99. The van der Waals surface area contributed by atoms with Crippen molar-refractivity contribution in [2.24, 2.45) is 5.92 Å². The van der Waals surface area contributed by atoms with Gasteiger partial charge in [-0.1, -0.05) is 77.9 Å². The number of unbranched alkanes of at least 4 members (excludes halogenated alkanes) is 8. The summed E-state index contributed by atoms with van der Waals surface area (Å²) in [5.41, 5.74) is 0.